The molecule has 2 aromatic carbocycles. The first-order chi connectivity index (χ1) is 13.1. The lowest BCUT2D eigenvalue weighted by Gasteiger charge is -2.37. The maximum Gasteiger partial charge on any atom is 0.121 e. The molecule has 3 nitrogen and oxygen atoms in total. The largest absolute Gasteiger partial charge is 0.491 e. The molecule has 0 aromatic heterocycles. The number of hydrogen-bond donors (Lipinski definition) is 0. The summed E-state index contributed by atoms with van der Waals surface area (Å²) >= 11 is 1.87. The van der Waals surface area contributed by atoms with Crippen LogP contribution in [0.2, 0.25) is 0 Å². The van der Waals surface area contributed by atoms with E-state index in [4.69, 9.17) is 4.74 Å². The summed E-state index contributed by atoms with van der Waals surface area (Å²) in [6, 6.07) is 16.0. The predicted octanol–water partition coefficient (Wildman–Crippen LogP) is 5.95. The van der Waals surface area contributed by atoms with Crippen LogP contribution in [0.4, 0.5) is 11.4 Å². The number of likely N-dealkylation sites (tertiary alicyclic amines) is 1. The fourth-order valence-corrected chi connectivity index (χ4v) is 5.26. The van der Waals surface area contributed by atoms with Gasteiger partial charge >= 0.3 is 0 Å². The fourth-order valence-electron chi connectivity index (χ4n) is 4.18. The molecule has 1 atom stereocenters. The molecule has 1 fully saturated rings. The van der Waals surface area contributed by atoms with Crippen LogP contribution in [0.5, 0.6) is 5.75 Å². The van der Waals surface area contributed by atoms with Crippen molar-refractivity contribution < 1.29 is 4.74 Å². The minimum Gasteiger partial charge on any atom is -0.491 e. The molecule has 2 aliphatic rings. The first kappa shape index (κ1) is 18.7. The maximum atomic E-state index is 5.98. The van der Waals surface area contributed by atoms with Gasteiger partial charge in [-0.1, -0.05) is 30.3 Å². The second-order valence-electron chi connectivity index (χ2n) is 7.94. The Morgan fingerprint density at radius 3 is 2.70 bits per heavy atom. The van der Waals surface area contributed by atoms with Gasteiger partial charge in [-0.2, -0.15) is 0 Å². The van der Waals surface area contributed by atoms with Crippen LogP contribution in [-0.2, 0) is 0 Å². The number of ether oxygens (including phenoxy) is 1. The summed E-state index contributed by atoms with van der Waals surface area (Å²) < 4.78 is 5.98. The Morgan fingerprint density at radius 2 is 1.89 bits per heavy atom. The average molecular weight is 383 g/mol. The van der Waals surface area contributed by atoms with E-state index in [0.717, 1.165) is 12.3 Å². The van der Waals surface area contributed by atoms with Gasteiger partial charge in [0, 0.05) is 28.4 Å². The lowest BCUT2D eigenvalue weighted by atomic mass is 9.99. The lowest BCUT2D eigenvalue weighted by molar-refractivity contribution is 0.178. The van der Waals surface area contributed by atoms with Crippen LogP contribution in [-0.4, -0.2) is 37.2 Å². The predicted molar refractivity (Wildman–Crippen MR) is 115 cm³/mol. The summed E-state index contributed by atoms with van der Waals surface area (Å²) in [6.45, 7) is 6.45. The van der Waals surface area contributed by atoms with Gasteiger partial charge in [0.1, 0.15) is 5.75 Å². The molecule has 2 aromatic rings. The molecular formula is C23H30N2OS. The Balaban J connectivity index is 1.62. The van der Waals surface area contributed by atoms with Crippen LogP contribution < -0.4 is 9.64 Å². The molecule has 0 radical (unpaired) electrons. The highest BCUT2D eigenvalue weighted by Crippen LogP contribution is 2.49. The van der Waals surface area contributed by atoms with Crippen LogP contribution in [0.25, 0.3) is 0 Å². The number of benzene rings is 2. The zero-order valence-corrected chi connectivity index (χ0v) is 17.5. The molecule has 2 heterocycles. The van der Waals surface area contributed by atoms with E-state index < -0.39 is 0 Å². The van der Waals surface area contributed by atoms with Gasteiger partial charge in [0.05, 0.1) is 17.5 Å². The average Bonchev–Trinajstić information content (AvgIpc) is 2.66. The second kappa shape index (κ2) is 8.15. The molecule has 0 spiro atoms. The summed E-state index contributed by atoms with van der Waals surface area (Å²) in [5.74, 6) is 0.962. The topological polar surface area (TPSA) is 15.7 Å². The first-order valence-electron chi connectivity index (χ1n) is 10.2. The third kappa shape index (κ3) is 4.12. The minimum atomic E-state index is 0.191. The van der Waals surface area contributed by atoms with Crippen LogP contribution >= 0.6 is 11.8 Å². The first-order valence-corrected chi connectivity index (χ1v) is 11.0. The van der Waals surface area contributed by atoms with Gasteiger partial charge in [-0.3, -0.25) is 0 Å². The summed E-state index contributed by atoms with van der Waals surface area (Å²) in [6.07, 6.45) is 5.42. The van der Waals surface area contributed by atoms with E-state index >= 15 is 0 Å². The Hall–Kier alpha value is -1.65. The SMILES string of the molecule is CC(C)Oc1ccc2c(c1)N(CCC1CCCCN1C)c1ccccc1S2. The highest BCUT2D eigenvalue weighted by Gasteiger charge is 2.26. The molecule has 0 N–H and O–H groups in total. The molecule has 1 unspecified atom stereocenters. The number of anilines is 2. The van der Waals surface area contributed by atoms with Gasteiger partial charge in [-0.15, -0.1) is 0 Å². The number of piperidine rings is 1. The van der Waals surface area contributed by atoms with Crippen molar-refractivity contribution in [1.29, 1.82) is 0 Å². The molecule has 4 heteroatoms. The van der Waals surface area contributed by atoms with Crippen LogP contribution in [0.1, 0.15) is 39.5 Å². The number of fused-ring (bicyclic) bond motifs is 2. The van der Waals surface area contributed by atoms with E-state index in [2.05, 4.69) is 73.2 Å². The van der Waals surface area contributed by atoms with Crippen LogP contribution in [0.3, 0.4) is 0 Å². The van der Waals surface area contributed by atoms with E-state index in [1.165, 1.54) is 53.4 Å². The molecule has 1 saturated heterocycles. The number of rotatable bonds is 5. The van der Waals surface area contributed by atoms with Crippen molar-refractivity contribution in [3.05, 3.63) is 42.5 Å². The van der Waals surface area contributed by atoms with Gasteiger partial charge in [0.2, 0.25) is 0 Å². The summed E-state index contributed by atoms with van der Waals surface area (Å²) in [5.41, 5.74) is 2.62. The standard InChI is InChI=1S/C23H30N2OS/c1-17(2)26-19-11-12-23-21(16-19)25(20-9-4-5-10-22(20)27-23)15-13-18-8-6-7-14-24(18)3/h4-5,9-12,16-18H,6-8,13-15H2,1-3H3. The monoisotopic (exact) mass is 382 g/mol. The minimum absolute atomic E-state index is 0.191. The van der Waals surface area contributed by atoms with Gasteiger partial charge < -0.3 is 14.5 Å². The quantitative estimate of drug-likeness (QED) is 0.634. The van der Waals surface area contributed by atoms with E-state index in [0.29, 0.717) is 6.04 Å². The molecule has 0 saturated carbocycles. The second-order valence-corrected chi connectivity index (χ2v) is 9.02. The highest BCUT2D eigenvalue weighted by molar-refractivity contribution is 7.99. The molecule has 144 valence electrons. The Labute approximate surface area is 167 Å². The van der Waals surface area contributed by atoms with Crippen molar-refractivity contribution >= 4 is 23.1 Å². The smallest absolute Gasteiger partial charge is 0.121 e. The maximum absolute atomic E-state index is 5.98. The number of para-hydroxylation sites is 1. The van der Waals surface area contributed by atoms with Gasteiger partial charge in [-0.05, 0) is 71.0 Å². The van der Waals surface area contributed by atoms with E-state index in [9.17, 15) is 0 Å². The van der Waals surface area contributed by atoms with Crippen molar-refractivity contribution in [3.8, 4) is 5.75 Å². The van der Waals surface area contributed by atoms with Crippen molar-refractivity contribution in [1.82, 2.24) is 4.90 Å². The van der Waals surface area contributed by atoms with Gasteiger partial charge in [0.25, 0.3) is 0 Å². The molecule has 4 rings (SSSR count). The highest BCUT2D eigenvalue weighted by atomic mass is 32.2. The molecule has 0 aliphatic carbocycles. The zero-order valence-electron chi connectivity index (χ0n) is 16.6. The lowest BCUT2D eigenvalue weighted by Crippen LogP contribution is -2.38. The van der Waals surface area contributed by atoms with E-state index in [1.54, 1.807) is 0 Å². The molecule has 0 amide bonds. The summed E-state index contributed by atoms with van der Waals surface area (Å²) in [7, 11) is 2.28. The Bertz CT molecular complexity index is 792. The van der Waals surface area contributed by atoms with Crippen molar-refractivity contribution in [2.24, 2.45) is 0 Å². The Kier molecular flexibility index (Phi) is 5.65. The third-order valence-electron chi connectivity index (χ3n) is 5.58. The number of nitrogens with zero attached hydrogens (tertiary/aromatic N) is 2. The zero-order chi connectivity index (χ0) is 18.8. The van der Waals surface area contributed by atoms with Crippen molar-refractivity contribution in [3.63, 3.8) is 0 Å². The number of hydrogen-bond acceptors (Lipinski definition) is 4. The van der Waals surface area contributed by atoms with Crippen molar-refractivity contribution in [2.45, 2.75) is 61.5 Å². The molecule has 27 heavy (non-hydrogen) atoms. The Morgan fingerprint density at radius 1 is 1.07 bits per heavy atom. The normalized spacial score (nSPS) is 19.7. The van der Waals surface area contributed by atoms with Crippen molar-refractivity contribution in [2.75, 3.05) is 25.0 Å². The van der Waals surface area contributed by atoms with E-state index in [-0.39, 0.29) is 6.10 Å². The molecule has 2 aliphatic heterocycles. The molecular weight excluding hydrogens is 352 g/mol. The van der Waals surface area contributed by atoms with Gasteiger partial charge in [0.15, 0.2) is 0 Å². The summed E-state index contributed by atoms with van der Waals surface area (Å²) in [5, 5.41) is 0. The van der Waals surface area contributed by atoms with Crippen LogP contribution in [0, 0.1) is 0 Å². The van der Waals surface area contributed by atoms with Gasteiger partial charge in [-0.25, -0.2) is 0 Å². The summed E-state index contributed by atoms with van der Waals surface area (Å²) in [4.78, 5) is 7.73. The van der Waals surface area contributed by atoms with Crippen LogP contribution in [0.15, 0.2) is 52.3 Å². The molecule has 0 bridgehead atoms. The van der Waals surface area contributed by atoms with E-state index in [1.807, 2.05) is 11.8 Å². The fraction of sp³-hybridized carbons (Fsp3) is 0.478. The third-order valence-corrected chi connectivity index (χ3v) is 6.71.